The molecular weight excluding hydrogens is 230 g/mol. The molecule has 0 aromatic carbocycles. The minimum Gasteiger partial charge on any atom is -0.397 e. The van der Waals surface area contributed by atoms with Gasteiger partial charge >= 0.3 is 0 Å². The predicted molar refractivity (Wildman–Crippen MR) is 62.5 cm³/mol. The molecule has 1 amide bonds. The molecule has 0 saturated heterocycles. The van der Waals surface area contributed by atoms with Gasteiger partial charge in [0.1, 0.15) is 5.15 Å². The highest BCUT2D eigenvalue weighted by Crippen LogP contribution is 2.14. The van der Waals surface area contributed by atoms with E-state index in [4.69, 9.17) is 22.1 Å². The summed E-state index contributed by atoms with van der Waals surface area (Å²) in [5, 5.41) is 2.91. The number of amides is 1. The van der Waals surface area contributed by atoms with Crippen LogP contribution in [0.5, 0.6) is 0 Å². The summed E-state index contributed by atoms with van der Waals surface area (Å²) in [4.78, 5) is 15.4. The molecule has 6 heteroatoms. The number of rotatable bonds is 5. The Morgan fingerprint density at radius 3 is 3.12 bits per heavy atom. The highest BCUT2D eigenvalue weighted by atomic mass is 35.5. The van der Waals surface area contributed by atoms with E-state index in [0.29, 0.717) is 31.0 Å². The number of carbonyl (C=O) groups is 1. The van der Waals surface area contributed by atoms with Gasteiger partial charge in [0.05, 0.1) is 24.1 Å². The van der Waals surface area contributed by atoms with Gasteiger partial charge in [-0.2, -0.15) is 0 Å². The van der Waals surface area contributed by atoms with Crippen molar-refractivity contribution in [3.63, 3.8) is 0 Å². The number of nitrogens with zero attached hydrogens (tertiary/aromatic N) is 1. The van der Waals surface area contributed by atoms with Crippen LogP contribution in [0.3, 0.4) is 0 Å². The fourth-order valence-corrected chi connectivity index (χ4v) is 1.27. The topological polar surface area (TPSA) is 77.2 Å². The number of aromatic nitrogens is 1. The number of anilines is 1. The molecule has 0 atom stereocenters. The smallest absolute Gasteiger partial charge is 0.253 e. The van der Waals surface area contributed by atoms with E-state index in [9.17, 15) is 4.79 Å². The zero-order valence-corrected chi connectivity index (χ0v) is 9.75. The first-order valence-corrected chi connectivity index (χ1v) is 5.30. The minimum absolute atomic E-state index is 0.240. The van der Waals surface area contributed by atoms with Crippen LogP contribution >= 0.6 is 11.6 Å². The van der Waals surface area contributed by atoms with Crippen LogP contribution in [-0.2, 0) is 4.74 Å². The van der Waals surface area contributed by atoms with Gasteiger partial charge in [-0.05, 0) is 13.0 Å². The first-order chi connectivity index (χ1) is 7.65. The van der Waals surface area contributed by atoms with Crippen LogP contribution < -0.4 is 11.1 Å². The highest BCUT2D eigenvalue weighted by molar-refractivity contribution is 6.29. The van der Waals surface area contributed by atoms with Crippen LogP contribution in [0.1, 0.15) is 17.3 Å². The lowest BCUT2D eigenvalue weighted by Crippen LogP contribution is -2.28. The normalized spacial score (nSPS) is 10.1. The molecule has 1 rings (SSSR count). The molecular formula is C10H14ClN3O2. The van der Waals surface area contributed by atoms with Crippen molar-refractivity contribution in [3.05, 3.63) is 23.0 Å². The standard InChI is InChI=1S/C10H14ClN3O2/c1-2-16-4-3-13-10(15)7-5-9(11)14-6-8(7)12/h5-6H,2-4,12H2,1H3,(H,13,15). The number of pyridine rings is 1. The van der Waals surface area contributed by atoms with Gasteiger partial charge in [0.15, 0.2) is 0 Å². The third-order valence-electron chi connectivity index (χ3n) is 1.88. The van der Waals surface area contributed by atoms with Gasteiger partial charge in [-0.1, -0.05) is 11.6 Å². The fraction of sp³-hybridized carbons (Fsp3) is 0.400. The lowest BCUT2D eigenvalue weighted by Gasteiger charge is -2.07. The summed E-state index contributed by atoms with van der Waals surface area (Å²) in [5.41, 5.74) is 6.24. The van der Waals surface area contributed by atoms with E-state index >= 15 is 0 Å². The number of hydrogen-bond donors (Lipinski definition) is 2. The molecule has 0 bridgehead atoms. The van der Waals surface area contributed by atoms with Crippen LogP contribution in [0.15, 0.2) is 12.3 Å². The van der Waals surface area contributed by atoms with Crippen molar-refractivity contribution in [1.29, 1.82) is 0 Å². The Morgan fingerprint density at radius 1 is 1.69 bits per heavy atom. The molecule has 0 aliphatic carbocycles. The first-order valence-electron chi connectivity index (χ1n) is 4.92. The quantitative estimate of drug-likeness (QED) is 0.599. The molecule has 0 unspecified atom stereocenters. The van der Waals surface area contributed by atoms with Crippen molar-refractivity contribution in [2.45, 2.75) is 6.92 Å². The van der Waals surface area contributed by atoms with Gasteiger partial charge in [0.2, 0.25) is 0 Å². The molecule has 1 aromatic heterocycles. The van der Waals surface area contributed by atoms with Crippen LogP contribution in [0.25, 0.3) is 0 Å². The average molecular weight is 244 g/mol. The van der Waals surface area contributed by atoms with Crippen LogP contribution in [-0.4, -0.2) is 30.6 Å². The van der Waals surface area contributed by atoms with Gasteiger partial charge in [0.25, 0.3) is 5.91 Å². The number of nitrogens with two attached hydrogens (primary N) is 1. The Kier molecular flexibility index (Phi) is 5.01. The molecule has 5 nitrogen and oxygen atoms in total. The van der Waals surface area contributed by atoms with Crippen molar-refractivity contribution in [1.82, 2.24) is 10.3 Å². The number of ether oxygens (including phenoxy) is 1. The third kappa shape index (κ3) is 3.67. The predicted octanol–water partition coefficient (Wildman–Crippen LogP) is 1.08. The van der Waals surface area contributed by atoms with Crippen molar-refractivity contribution in [3.8, 4) is 0 Å². The van der Waals surface area contributed by atoms with Crippen LogP contribution in [0, 0.1) is 0 Å². The average Bonchev–Trinajstić information content (AvgIpc) is 2.27. The summed E-state index contributed by atoms with van der Waals surface area (Å²) in [5.74, 6) is -0.276. The summed E-state index contributed by atoms with van der Waals surface area (Å²) in [6, 6.07) is 1.44. The van der Waals surface area contributed by atoms with Crippen molar-refractivity contribution in [2.75, 3.05) is 25.5 Å². The second-order valence-corrected chi connectivity index (χ2v) is 3.43. The largest absolute Gasteiger partial charge is 0.397 e. The second-order valence-electron chi connectivity index (χ2n) is 3.05. The Balaban J connectivity index is 2.55. The number of hydrogen-bond acceptors (Lipinski definition) is 4. The number of carbonyl (C=O) groups excluding carboxylic acids is 1. The second kappa shape index (κ2) is 6.30. The lowest BCUT2D eigenvalue weighted by molar-refractivity contribution is 0.0923. The van der Waals surface area contributed by atoms with Crippen molar-refractivity contribution < 1.29 is 9.53 Å². The van der Waals surface area contributed by atoms with Crippen LogP contribution in [0.2, 0.25) is 5.15 Å². The molecule has 16 heavy (non-hydrogen) atoms. The van der Waals surface area contributed by atoms with E-state index in [2.05, 4.69) is 10.3 Å². The molecule has 0 aliphatic heterocycles. The van der Waals surface area contributed by atoms with Gasteiger partial charge in [-0.25, -0.2) is 4.98 Å². The Labute approximate surface area is 98.9 Å². The molecule has 0 radical (unpaired) electrons. The monoisotopic (exact) mass is 243 g/mol. The third-order valence-corrected chi connectivity index (χ3v) is 2.09. The van der Waals surface area contributed by atoms with Crippen molar-refractivity contribution >= 4 is 23.2 Å². The van der Waals surface area contributed by atoms with Gasteiger partial charge < -0.3 is 15.8 Å². The fourth-order valence-electron chi connectivity index (χ4n) is 1.11. The number of nitrogen functional groups attached to an aromatic ring is 1. The molecule has 1 heterocycles. The maximum absolute atomic E-state index is 11.6. The van der Waals surface area contributed by atoms with E-state index in [0.717, 1.165) is 0 Å². The Bertz CT molecular complexity index is 371. The minimum atomic E-state index is -0.276. The van der Waals surface area contributed by atoms with E-state index in [-0.39, 0.29) is 11.1 Å². The zero-order valence-electron chi connectivity index (χ0n) is 9.00. The molecule has 1 aromatic rings. The number of nitrogens with one attached hydrogen (secondary N) is 1. The van der Waals surface area contributed by atoms with E-state index in [1.54, 1.807) is 0 Å². The molecule has 0 fully saturated rings. The molecule has 3 N–H and O–H groups in total. The SMILES string of the molecule is CCOCCNC(=O)c1cc(Cl)ncc1N. The summed E-state index contributed by atoms with van der Waals surface area (Å²) in [6.45, 7) is 3.43. The van der Waals surface area contributed by atoms with Gasteiger partial charge in [-0.3, -0.25) is 4.79 Å². The Hall–Kier alpha value is -1.33. The highest BCUT2D eigenvalue weighted by Gasteiger charge is 2.10. The van der Waals surface area contributed by atoms with E-state index in [1.165, 1.54) is 12.3 Å². The summed E-state index contributed by atoms with van der Waals surface area (Å²) >= 11 is 5.67. The first kappa shape index (κ1) is 12.7. The maximum atomic E-state index is 11.6. The molecule has 0 aliphatic rings. The van der Waals surface area contributed by atoms with Gasteiger partial charge in [-0.15, -0.1) is 0 Å². The lowest BCUT2D eigenvalue weighted by atomic mass is 10.2. The summed E-state index contributed by atoms with van der Waals surface area (Å²) in [7, 11) is 0. The summed E-state index contributed by atoms with van der Waals surface area (Å²) < 4.78 is 5.09. The van der Waals surface area contributed by atoms with E-state index in [1.807, 2.05) is 6.92 Å². The maximum Gasteiger partial charge on any atom is 0.253 e. The van der Waals surface area contributed by atoms with Gasteiger partial charge in [0, 0.05) is 13.2 Å². The zero-order chi connectivity index (χ0) is 12.0. The molecule has 0 spiro atoms. The van der Waals surface area contributed by atoms with Crippen molar-refractivity contribution in [2.24, 2.45) is 0 Å². The molecule has 88 valence electrons. The van der Waals surface area contributed by atoms with E-state index < -0.39 is 0 Å². The molecule has 0 saturated carbocycles. The number of halogens is 1. The van der Waals surface area contributed by atoms with Crippen LogP contribution in [0.4, 0.5) is 5.69 Å². The Morgan fingerprint density at radius 2 is 2.44 bits per heavy atom. The summed E-state index contributed by atoms with van der Waals surface area (Å²) in [6.07, 6.45) is 1.36.